The molecule has 0 N–H and O–H groups in total. The first-order chi connectivity index (χ1) is 8.24. The van der Waals surface area contributed by atoms with E-state index in [-0.39, 0.29) is 6.09 Å². The smallest absolute Gasteiger partial charge is 0.409 e. The van der Waals surface area contributed by atoms with E-state index in [1.807, 2.05) is 20.8 Å². The van der Waals surface area contributed by atoms with Crippen LogP contribution in [0.1, 0.15) is 40.0 Å². The molecule has 0 aromatic heterocycles. The van der Waals surface area contributed by atoms with Gasteiger partial charge in [-0.3, -0.25) is 0 Å². The van der Waals surface area contributed by atoms with Crippen molar-refractivity contribution in [1.29, 1.82) is 0 Å². The van der Waals surface area contributed by atoms with Crippen molar-refractivity contribution in [3.05, 3.63) is 0 Å². The molecule has 0 radical (unpaired) electrons. The molecule has 4 nitrogen and oxygen atoms in total. The number of carbonyl (C=O) groups excluding carboxylic acids is 1. The highest BCUT2D eigenvalue weighted by atomic mass is 16.5. The van der Waals surface area contributed by atoms with Crippen molar-refractivity contribution in [2.45, 2.75) is 40.0 Å². The maximum absolute atomic E-state index is 11.3. The summed E-state index contributed by atoms with van der Waals surface area (Å²) in [6.45, 7) is 10.4. The first-order valence-corrected chi connectivity index (χ1v) is 6.84. The van der Waals surface area contributed by atoms with Crippen LogP contribution in [0.25, 0.3) is 0 Å². The molecule has 1 heterocycles. The van der Waals surface area contributed by atoms with Crippen molar-refractivity contribution in [2.75, 3.05) is 39.8 Å². The number of likely N-dealkylation sites (N-methyl/N-ethyl adjacent to an activating group) is 1. The van der Waals surface area contributed by atoms with Gasteiger partial charge in [0.15, 0.2) is 0 Å². The number of piperidine rings is 1. The maximum atomic E-state index is 11.3. The van der Waals surface area contributed by atoms with Gasteiger partial charge in [0.2, 0.25) is 0 Å². The van der Waals surface area contributed by atoms with Gasteiger partial charge in [-0.05, 0) is 32.9 Å². The zero-order valence-electron chi connectivity index (χ0n) is 11.9. The Bertz CT molecular complexity index is 192. The zero-order chi connectivity index (χ0) is 13.1. The average molecular weight is 244 g/mol. The van der Waals surface area contributed by atoms with Crippen LogP contribution < -0.4 is 0 Å². The third-order valence-corrected chi connectivity index (χ3v) is 2.78. The Morgan fingerprint density at radius 3 is 2.35 bits per heavy atom. The van der Waals surface area contributed by atoms with Crippen molar-refractivity contribution in [3.63, 3.8) is 0 Å². The molecular formula is C13H28N2O2. The van der Waals surface area contributed by atoms with Crippen molar-refractivity contribution < 1.29 is 9.53 Å². The molecule has 1 rings (SSSR count). The van der Waals surface area contributed by atoms with Crippen LogP contribution in [0, 0.1) is 0 Å². The van der Waals surface area contributed by atoms with Gasteiger partial charge in [0.25, 0.3) is 0 Å². The molecule has 4 heteroatoms. The van der Waals surface area contributed by atoms with Gasteiger partial charge in [0, 0.05) is 20.1 Å². The molecule has 0 aromatic rings. The van der Waals surface area contributed by atoms with Gasteiger partial charge in [0.05, 0.1) is 6.61 Å². The summed E-state index contributed by atoms with van der Waals surface area (Å²) in [5.74, 6) is 0. The molecule has 1 aliphatic heterocycles. The molecule has 0 aromatic carbocycles. The Morgan fingerprint density at radius 2 is 1.82 bits per heavy atom. The number of carbonyl (C=O) groups is 1. The number of amides is 1. The van der Waals surface area contributed by atoms with Crippen LogP contribution in [0.4, 0.5) is 4.79 Å². The van der Waals surface area contributed by atoms with E-state index < -0.39 is 0 Å². The molecule has 1 fully saturated rings. The summed E-state index contributed by atoms with van der Waals surface area (Å²) in [5, 5.41) is 0. The SMILES string of the molecule is CC.CCOC(=O)N(C)CCN1CCCCC1. The summed E-state index contributed by atoms with van der Waals surface area (Å²) in [6, 6.07) is 0. The fraction of sp³-hybridized carbons (Fsp3) is 0.923. The fourth-order valence-electron chi connectivity index (χ4n) is 1.80. The number of ether oxygens (including phenoxy) is 1. The Morgan fingerprint density at radius 1 is 1.24 bits per heavy atom. The predicted molar refractivity (Wildman–Crippen MR) is 71.3 cm³/mol. The van der Waals surface area contributed by atoms with E-state index in [0.29, 0.717) is 6.61 Å². The number of nitrogens with zero attached hydrogens (tertiary/aromatic N) is 2. The lowest BCUT2D eigenvalue weighted by Gasteiger charge is -2.28. The highest BCUT2D eigenvalue weighted by molar-refractivity contribution is 5.67. The molecule has 1 amide bonds. The minimum absolute atomic E-state index is 0.213. The summed E-state index contributed by atoms with van der Waals surface area (Å²) in [6.07, 6.45) is 3.73. The van der Waals surface area contributed by atoms with Crippen LogP contribution in [0.2, 0.25) is 0 Å². The lowest BCUT2D eigenvalue weighted by atomic mass is 10.1. The number of hydrogen-bond acceptors (Lipinski definition) is 3. The quantitative estimate of drug-likeness (QED) is 0.762. The second kappa shape index (κ2) is 10.4. The largest absolute Gasteiger partial charge is 0.450 e. The lowest BCUT2D eigenvalue weighted by Crippen LogP contribution is -2.38. The molecule has 1 aliphatic rings. The molecule has 0 atom stereocenters. The van der Waals surface area contributed by atoms with Gasteiger partial charge in [-0.2, -0.15) is 0 Å². The van der Waals surface area contributed by atoms with Gasteiger partial charge in [0.1, 0.15) is 0 Å². The van der Waals surface area contributed by atoms with E-state index in [1.54, 1.807) is 11.9 Å². The molecule has 0 bridgehead atoms. The van der Waals surface area contributed by atoms with Crippen molar-refractivity contribution >= 4 is 6.09 Å². The van der Waals surface area contributed by atoms with Gasteiger partial charge in [-0.1, -0.05) is 20.3 Å². The molecule has 0 unspecified atom stereocenters. The monoisotopic (exact) mass is 244 g/mol. The van der Waals surface area contributed by atoms with E-state index in [4.69, 9.17) is 4.74 Å². The molecule has 0 spiro atoms. The Balaban J connectivity index is 0.00000121. The van der Waals surface area contributed by atoms with Crippen LogP contribution in [-0.4, -0.2) is 55.7 Å². The standard InChI is InChI=1S/C11H22N2O2.C2H6/c1-3-15-11(14)12(2)9-10-13-7-5-4-6-8-13;1-2/h3-10H2,1-2H3;1-2H3. The van der Waals surface area contributed by atoms with Crippen molar-refractivity contribution in [3.8, 4) is 0 Å². The summed E-state index contributed by atoms with van der Waals surface area (Å²) >= 11 is 0. The second-order valence-corrected chi connectivity index (χ2v) is 4.02. The van der Waals surface area contributed by atoms with Crippen LogP contribution in [0.3, 0.4) is 0 Å². The van der Waals surface area contributed by atoms with E-state index in [0.717, 1.165) is 13.1 Å². The predicted octanol–water partition coefficient (Wildman–Crippen LogP) is 2.59. The van der Waals surface area contributed by atoms with Gasteiger partial charge in [-0.15, -0.1) is 0 Å². The van der Waals surface area contributed by atoms with Crippen LogP contribution >= 0.6 is 0 Å². The Labute approximate surface area is 106 Å². The Hall–Kier alpha value is -0.770. The molecular weight excluding hydrogens is 216 g/mol. The summed E-state index contributed by atoms with van der Waals surface area (Å²) < 4.78 is 4.91. The highest BCUT2D eigenvalue weighted by Gasteiger charge is 2.13. The summed E-state index contributed by atoms with van der Waals surface area (Å²) in [5.41, 5.74) is 0. The second-order valence-electron chi connectivity index (χ2n) is 4.02. The first-order valence-electron chi connectivity index (χ1n) is 6.84. The van der Waals surface area contributed by atoms with Gasteiger partial charge < -0.3 is 14.5 Å². The molecule has 17 heavy (non-hydrogen) atoms. The van der Waals surface area contributed by atoms with Crippen LogP contribution in [0.15, 0.2) is 0 Å². The lowest BCUT2D eigenvalue weighted by molar-refractivity contribution is 0.109. The van der Waals surface area contributed by atoms with Crippen molar-refractivity contribution in [1.82, 2.24) is 9.80 Å². The summed E-state index contributed by atoms with van der Waals surface area (Å²) in [4.78, 5) is 15.4. The molecule has 102 valence electrons. The minimum atomic E-state index is -0.213. The van der Waals surface area contributed by atoms with E-state index in [2.05, 4.69) is 4.90 Å². The normalized spacial score (nSPS) is 15.8. The maximum Gasteiger partial charge on any atom is 0.409 e. The molecule has 0 saturated carbocycles. The minimum Gasteiger partial charge on any atom is -0.450 e. The van der Waals surface area contributed by atoms with Gasteiger partial charge in [-0.25, -0.2) is 4.79 Å². The number of hydrogen-bond donors (Lipinski definition) is 0. The average Bonchev–Trinajstić information content (AvgIpc) is 2.40. The van der Waals surface area contributed by atoms with Crippen LogP contribution in [0.5, 0.6) is 0 Å². The van der Waals surface area contributed by atoms with E-state index in [1.165, 1.54) is 32.4 Å². The molecule has 0 aliphatic carbocycles. The Kier molecular flexibility index (Phi) is 9.92. The van der Waals surface area contributed by atoms with Crippen LogP contribution in [-0.2, 0) is 4.74 Å². The van der Waals surface area contributed by atoms with E-state index >= 15 is 0 Å². The third kappa shape index (κ3) is 7.21. The first kappa shape index (κ1) is 16.2. The molecule has 1 saturated heterocycles. The third-order valence-electron chi connectivity index (χ3n) is 2.78. The number of likely N-dealkylation sites (tertiary alicyclic amines) is 1. The summed E-state index contributed by atoms with van der Waals surface area (Å²) in [7, 11) is 1.79. The zero-order valence-corrected chi connectivity index (χ0v) is 11.9. The van der Waals surface area contributed by atoms with E-state index in [9.17, 15) is 4.79 Å². The number of rotatable bonds is 4. The van der Waals surface area contributed by atoms with Gasteiger partial charge >= 0.3 is 6.09 Å². The highest BCUT2D eigenvalue weighted by Crippen LogP contribution is 2.07. The fourth-order valence-corrected chi connectivity index (χ4v) is 1.80. The van der Waals surface area contributed by atoms with Crippen molar-refractivity contribution in [2.24, 2.45) is 0 Å². The topological polar surface area (TPSA) is 32.8 Å².